The first-order valence-electron chi connectivity index (χ1n) is 2.29. The van der Waals surface area contributed by atoms with Gasteiger partial charge in [0, 0.05) is 4.99 Å². The van der Waals surface area contributed by atoms with E-state index < -0.39 is 12.6 Å². The molecular formula is C3H7Na2O3PS2. The van der Waals surface area contributed by atoms with Gasteiger partial charge >= 0.3 is 59.1 Å². The monoisotopic (exact) mass is 232 g/mol. The smallest absolute Gasteiger partial charge is 0.810 e. The molecule has 0 radical (unpaired) electrons. The summed E-state index contributed by atoms with van der Waals surface area (Å²) in [6.07, 6.45) is 0.205. The molecule has 0 aliphatic heterocycles. The largest absolute Gasteiger partial charge is 1.00 e. The molecule has 0 aliphatic rings. The molecule has 0 aromatic rings. The van der Waals surface area contributed by atoms with Crippen LogP contribution in [0.4, 0.5) is 0 Å². The topological polar surface area (TPSA) is 63.2 Å². The van der Waals surface area contributed by atoms with Gasteiger partial charge in [-0.05, 0) is 12.2 Å². The van der Waals surface area contributed by atoms with E-state index in [2.05, 4.69) is 25.3 Å². The van der Waals surface area contributed by atoms with Gasteiger partial charge in [0.2, 0.25) is 0 Å². The molecule has 0 spiro atoms. The fraction of sp³-hybridized carbons (Fsp3) is 1.00. The van der Waals surface area contributed by atoms with E-state index in [0.717, 1.165) is 0 Å². The van der Waals surface area contributed by atoms with E-state index in [4.69, 9.17) is 0 Å². The van der Waals surface area contributed by atoms with E-state index in [9.17, 15) is 14.4 Å². The Morgan fingerprint density at radius 1 is 1.36 bits per heavy atom. The van der Waals surface area contributed by atoms with Crippen molar-refractivity contribution < 1.29 is 73.5 Å². The standard InChI is InChI=1S/C3H9O3PS2.2Na/c4-7(5,6)3(9)1-2-8;;/h3,8-9H,1-2H2,(H2,4,5,6);;/q;2*+1/p-2. The van der Waals surface area contributed by atoms with Crippen LogP contribution < -0.4 is 68.9 Å². The Kier molecular flexibility index (Phi) is 16.6. The van der Waals surface area contributed by atoms with Gasteiger partial charge in [-0.1, -0.05) is 7.60 Å². The van der Waals surface area contributed by atoms with E-state index in [1.807, 2.05) is 0 Å². The van der Waals surface area contributed by atoms with Crippen LogP contribution in [0.1, 0.15) is 6.42 Å². The van der Waals surface area contributed by atoms with Crippen LogP contribution in [0.3, 0.4) is 0 Å². The molecule has 1 atom stereocenters. The molecule has 56 valence electrons. The van der Waals surface area contributed by atoms with Crippen LogP contribution >= 0.6 is 32.9 Å². The van der Waals surface area contributed by atoms with E-state index in [1.54, 1.807) is 0 Å². The first kappa shape index (κ1) is 19.4. The van der Waals surface area contributed by atoms with Gasteiger partial charge in [0.05, 0.1) is 0 Å². The van der Waals surface area contributed by atoms with Crippen molar-refractivity contribution in [3.05, 3.63) is 0 Å². The summed E-state index contributed by atoms with van der Waals surface area (Å²) in [4.78, 5) is 19.1. The van der Waals surface area contributed by atoms with Crippen LogP contribution in [0.5, 0.6) is 0 Å². The van der Waals surface area contributed by atoms with Gasteiger partial charge in [-0.25, -0.2) is 0 Å². The minimum atomic E-state index is -4.46. The zero-order valence-electron chi connectivity index (χ0n) is 6.56. The number of thiol groups is 2. The van der Waals surface area contributed by atoms with Crippen LogP contribution in [0, 0.1) is 0 Å². The molecule has 1 unspecified atom stereocenters. The van der Waals surface area contributed by atoms with Crippen LogP contribution in [-0.2, 0) is 4.57 Å². The minimum absolute atomic E-state index is 0. The molecule has 0 rings (SSSR count). The molecule has 0 saturated carbocycles. The Balaban J connectivity index is -0.000000320. The van der Waals surface area contributed by atoms with E-state index >= 15 is 0 Å². The van der Waals surface area contributed by atoms with Crippen LogP contribution in [-0.4, -0.2) is 10.7 Å². The minimum Gasteiger partial charge on any atom is -0.810 e. The predicted molar refractivity (Wildman–Crippen MR) is 38.9 cm³/mol. The van der Waals surface area contributed by atoms with E-state index in [-0.39, 0.29) is 65.5 Å². The van der Waals surface area contributed by atoms with Gasteiger partial charge in [-0.3, -0.25) is 0 Å². The Bertz CT molecular complexity index is 130. The summed E-state index contributed by atoms with van der Waals surface area (Å²) in [5, 5.41) is 0. The Labute approximate surface area is 122 Å². The Morgan fingerprint density at radius 3 is 1.82 bits per heavy atom. The molecule has 0 bridgehead atoms. The second kappa shape index (κ2) is 9.41. The summed E-state index contributed by atoms with van der Waals surface area (Å²) in [6.45, 7) is 0. The third-order valence-corrected chi connectivity index (χ3v) is 3.11. The van der Waals surface area contributed by atoms with Crippen LogP contribution in [0.15, 0.2) is 0 Å². The number of hydrogen-bond acceptors (Lipinski definition) is 5. The molecule has 11 heavy (non-hydrogen) atoms. The van der Waals surface area contributed by atoms with Gasteiger partial charge in [-0.2, -0.15) is 25.3 Å². The van der Waals surface area contributed by atoms with Crippen LogP contribution in [0.25, 0.3) is 0 Å². The fourth-order valence-electron chi connectivity index (χ4n) is 0.274. The van der Waals surface area contributed by atoms with Gasteiger partial charge in [0.1, 0.15) is 0 Å². The predicted octanol–water partition coefficient (Wildman–Crippen LogP) is -6.52. The van der Waals surface area contributed by atoms with Gasteiger partial charge in [0.15, 0.2) is 0 Å². The molecule has 8 heteroatoms. The van der Waals surface area contributed by atoms with Crippen molar-refractivity contribution >= 4 is 32.9 Å². The molecule has 0 saturated heterocycles. The maximum Gasteiger partial charge on any atom is 1.00 e. The quantitative estimate of drug-likeness (QED) is 0.289. The van der Waals surface area contributed by atoms with Crippen molar-refractivity contribution in [3.63, 3.8) is 0 Å². The molecule has 0 amide bonds. The molecule has 0 aromatic heterocycles. The summed E-state index contributed by atoms with van der Waals surface area (Å²) >= 11 is 7.30. The zero-order chi connectivity index (χ0) is 7.49. The maximum absolute atomic E-state index is 10.1. The van der Waals surface area contributed by atoms with Crippen molar-refractivity contribution in [1.29, 1.82) is 0 Å². The summed E-state index contributed by atoms with van der Waals surface area (Å²) in [5.41, 5.74) is 0. The summed E-state index contributed by atoms with van der Waals surface area (Å²) in [5.74, 6) is 0.364. The first-order valence-corrected chi connectivity index (χ1v) is 5.05. The number of rotatable bonds is 3. The molecular weight excluding hydrogens is 225 g/mol. The fourth-order valence-corrected chi connectivity index (χ4v) is 1.51. The molecule has 0 heterocycles. The Morgan fingerprint density at radius 2 is 1.73 bits per heavy atom. The Hall–Kier alpha value is 2.85. The second-order valence-corrected chi connectivity index (χ2v) is 4.71. The SMILES string of the molecule is O=P([O-])([O-])C(S)CCS.[Na+].[Na+]. The first-order chi connectivity index (χ1) is 3.98. The normalized spacial score (nSPS) is 12.7. The van der Waals surface area contributed by atoms with Crippen molar-refractivity contribution in [2.75, 3.05) is 5.75 Å². The summed E-state index contributed by atoms with van der Waals surface area (Å²) in [7, 11) is -4.46. The maximum atomic E-state index is 10.1. The van der Waals surface area contributed by atoms with Crippen molar-refractivity contribution in [1.82, 2.24) is 0 Å². The molecule has 0 aromatic carbocycles. The van der Waals surface area contributed by atoms with Gasteiger partial charge in [-0.15, -0.1) is 0 Å². The zero-order valence-corrected chi connectivity index (χ0v) is 13.2. The average molecular weight is 232 g/mol. The van der Waals surface area contributed by atoms with E-state index in [1.165, 1.54) is 0 Å². The van der Waals surface area contributed by atoms with Gasteiger partial charge < -0.3 is 14.4 Å². The second-order valence-electron chi connectivity index (χ2n) is 1.53. The third kappa shape index (κ3) is 10.8. The van der Waals surface area contributed by atoms with Gasteiger partial charge in [0.25, 0.3) is 0 Å². The molecule has 3 nitrogen and oxygen atoms in total. The van der Waals surface area contributed by atoms with Crippen LogP contribution in [0.2, 0.25) is 0 Å². The van der Waals surface area contributed by atoms with Crippen molar-refractivity contribution in [2.24, 2.45) is 0 Å². The summed E-state index contributed by atoms with van der Waals surface area (Å²) in [6, 6.07) is 0. The average Bonchev–Trinajstić information content (AvgIpc) is 1.64. The van der Waals surface area contributed by atoms with Crippen molar-refractivity contribution in [3.8, 4) is 0 Å². The third-order valence-electron chi connectivity index (χ3n) is 0.752. The molecule has 0 N–H and O–H groups in total. The molecule has 0 fully saturated rings. The van der Waals surface area contributed by atoms with E-state index in [0.29, 0.717) is 5.75 Å². The summed E-state index contributed by atoms with van der Waals surface area (Å²) < 4.78 is 10.1. The molecule has 0 aliphatic carbocycles. The number of hydrogen-bond donors (Lipinski definition) is 2. The van der Waals surface area contributed by atoms with Crippen molar-refractivity contribution in [2.45, 2.75) is 11.4 Å².